The zero-order valence-electron chi connectivity index (χ0n) is 11.7. The molecule has 0 bridgehead atoms. The van der Waals surface area contributed by atoms with Gasteiger partial charge in [-0.05, 0) is 25.1 Å². The van der Waals surface area contributed by atoms with Gasteiger partial charge >= 0.3 is 5.97 Å². The summed E-state index contributed by atoms with van der Waals surface area (Å²) in [5.41, 5.74) is 2.15. The Morgan fingerprint density at radius 3 is 2.91 bits per heavy atom. The highest BCUT2D eigenvalue weighted by Crippen LogP contribution is 2.27. The van der Waals surface area contributed by atoms with E-state index in [0.717, 1.165) is 28.6 Å². The maximum atomic E-state index is 10.5. The number of nitrogens with zero attached hydrogens (tertiary/aromatic N) is 2. The van der Waals surface area contributed by atoms with E-state index in [1.807, 2.05) is 43.3 Å². The van der Waals surface area contributed by atoms with Crippen molar-refractivity contribution in [3.8, 4) is 22.9 Å². The summed E-state index contributed by atoms with van der Waals surface area (Å²) < 4.78 is 5.79. The lowest BCUT2D eigenvalue weighted by Gasteiger charge is -1.98. The number of aromatic nitrogens is 3. The predicted molar refractivity (Wildman–Crippen MR) is 82.6 cm³/mol. The number of carboxylic acid groups (broad SMARTS) is 1. The topological polar surface area (TPSA) is 92.0 Å². The molecule has 2 N–H and O–H groups in total. The standard InChI is InChI=1S/C15H13N3O3S/c1-9-3-2-4-10(7-9)11-5-6-12(21-11)14-16-15(18-17-14)22-8-13(19)20/h2-7H,8H2,1H3,(H,19,20)(H,16,17,18). The second-order valence-corrected chi connectivity index (χ2v) is 5.62. The Kier molecular flexibility index (Phi) is 3.97. The van der Waals surface area contributed by atoms with Gasteiger partial charge in [0.25, 0.3) is 0 Å². The number of H-pyrrole nitrogens is 1. The molecule has 0 amide bonds. The lowest BCUT2D eigenvalue weighted by Crippen LogP contribution is -1.97. The van der Waals surface area contributed by atoms with E-state index in [1.165, 1.54) is 0 Å². The Morgan fingerprint density at radius 1 is 1.32 bits per heavy atom. The number of benzene rings is 1. The fourth-order valence-corrected chi connectivity index (χ4v) is 2.48. The number of carbonyl (C=O) groups is 1. The van der Waals surface area contributed by atoms with Gasteiger partial charge in [-0.25, -0.2) is 0 Å². The normalized spacial score (nSPS) is 10.8. The predicted octanol–water partition coefficient (Wildman–Crippen LogP) is 3.22. The van der Waals surface area contributed by atoms with Crippen LogP contribution >= 0.6 is 11.8 Å². The van der Waals surface area contributed by atoms with E-state index in [1.54, 1.807) is 0 Å². The van der Waals surface area contributed by atoms with Crippen molar-refractivity contribution in [1.29, 1.82) is 0 Å². The van der Waals surface area contributed by atoms with E-state index in [0.29, 0.717) is 16.7 Å². The van der Waals surface area contributed by atoms with Gasteiger partial charge in [0.05, 0.1) is 5.75 Å². The van der Waals surface area contributed by atoms with Crippen LogP contribution in [0.5, 0.6) is 0 Å². The van der Waals surface area contributed by atoms with Gasteiger partial charge in [-0.15, -0.1) is 5.10 Å². The minimum absolute atomic E-state index is 0.0794. The molecule has 0 aliphatic heterocycles. The van der Waals surface area contributed by atoms with Crippen molar-refractivity contribution in [2.24, 2.45) is 0 Å². The molecule has 7 heteroatoms. The quantitative estimate of drug-likeness (QED) is 0.702. The van der Waals surface area contributed by atoms with Crippen molar-refractivity contribution in [2.75, 3.05) is 5.75 Å². The van der Waals surface area contributed by atoms with Crippen LogP contribution in [0.25, 0.3) is 22.9 Å². The van der Waals surface area contributed by atoms with Crippen molar-refractivity contribution in [2.45, 2.75) is 12.1 Å². The van der Waals surface area contributed by atoms with Crippen molar-refractivity contribution < 1.29 is 14.3 Å². The van der Waals surface area contributed by atoms with Crippen LogP contribution in [0.3, 0.4) is 0 Å². The molecule has 0 fully saturated rings. The van der Waals surface area contributed by atoms with Gasteiger partial charge in [0.2, 0.25) is 5.16 Å². The van der Waals surface area contributed by atoms with Gasteiger partial charge in [0.15, 0.2) is 11.6 Å². The number of carboxylic acids is 1. The Labute approximate surface area is 130 Å². The zero-order valence-corrected chi connectivity index (χ0v) is 12.6. The second-order valence-electron chi connectivity index (χ2n) is 4.68. The molecular formula is C15H13N3O3S. The largest absolute Gasteiger partial charge is 0.481 e. The molecule has 6 nitrogen and oxygen atoms in total. The third kappa shape index (κ3) is 3.20. The molecule has 0 unspecified atom stereocenters. The number of hydrogen-bond acceptors (Lipinski definition) is 5. The number of hydrogen-bond donors (Lipinski definition) is 2. The summed E-state index contributed by atoms with van der Waals surface area (Å²) in [6, 6.07) is 11.7. The van der Waals surface area contributed by atoms with Gasteiger partial charge in [0.1, 0.15) is 5.76 Å². The molecule has 0 saturated heterocycles. The lowest BCUT2D eigenvalue weighted by atomic mass is 10.1. The molecule has 3 aromatic rings. The number of rotatable bonds is 5. The Hall–Kier alpha value is -2.54. The van der Waals surface area contributed by atoms with Crippen molar-refractivity contribution in [3.05, 3.63) is 42.0 Å². The second kappa shape index (κ2) is 6.07. The average molecular weight is 315 g/mol. The summed E-state index contributed by atoms with van der Waals surface area (Å²) in [5.74, 6) is 0.799. The number of thioether (sulfide) groups is 1. The van der Waals surface area contributed by atoms with E-state index in [2.05, 4.69) is 15.2 Å². The average Bonchev–Trinajstić information content (AvgIpc) is 3.14. The van der Waals surface area contributed by atoms with Gasteiger partial charge in [0, 0.05) is 5.56 Å². The van der Waals surface area contributed by atoms with Crippen LogP contribution in [0.4, 0.5) is 0 Å². The van der Waals surface area contributed by atoms with Crippen LogP contribution < -0.4 is 0 Å². The fourth-order valence-electron chi connectivity index (χ4n) is 1.97. The summed E-state index contributed by atoms with van der Waals surface area (Å²) in [6.45, 7) is 2.02. The zero-order chi connectivity index (χ0) is 15.5. The third-order valence-corrected chi connectivity index (χ3v) is 3.76. The molecule has 0 atom stereocenters. The van der Waals surface area contributed by atoms with Gasteiger partial charge in [-0.2, -0.15) is 4.98 Å². The lowest BCUT2D eigenvalue weighted by molar-refractivity contribution is -0.133. The van der Waals surface area contributed by atoms with Crippen molar-refractivity contribution in [3.63, 3.8) is 0 Å². The van der Waals surface area contributed by atoms with E-state index in [4.69, 9.17) is 9.52 Å². The molecule has 0 spiro atoms. The SMILES string of the molecule is Cc1cccc(-c2ccc(-c3nc(SCC(=O)O)n[nH]3)o2)c1. The van der Waals surface area contributed by atoms with Crippen LogP contribution in [-0.2, 0) is 4.79 Å². The highest BCUT2D eigenvalue weighted by Gasteiger charge is 2.12. The highest BCUT2D eigenvalue weighted by molar-refractivity contribution is 7.99. The number of aliphatic carboxylic acids is 1. The molecule has 2 aromatic heterocycles. The number of aryl methyl sites for hydroxylation is 1. The summed E-state index contributed by atoms with van der Waals surface area (Å²) in [7, 11) is 0. The van der Waals surface area contributed by atoms with E-state index in [-0.39, 0.29) is 5.75 Å². The highest BCUT2D eigenvalue weighted by atomic mass is 32.2. The van der Waals surface area contributed by atoms with Crippen LogP contribution in [0.2, 0.25) is 0 Å². The van der Waals surface area contributed by atoms with Crippen molar-refractivity contribution >= 4 is 17.7 Å². The van der Waals surface area contributed by atoms with E-state index < -0.39 is 5.97 Å². The van der Waals surface area contributed by atoms with Crippen molar-refractivity contribution in [1.82, 2.24) is 15.2 Å². The number of furan rings is 1. The molecule has 1 aromatic carbocycles. The summed E-state index contributed by atoms with van der Waals surface area (Å²) >= 11 is 1.05. The first kappa shape index (κ1) is 14.4. The molecule has 112 valence electrons. The maximum absolute atomic E-state index is 10.5. The van der Waals surface area contributed by atoms with Crippen LogP contribution in [0.15, 0.2) is 46.0 Å². The minimum Gasteiger partial charge on any atom is -0.481 e. The van der Waals surface area contributed by atoms with Gasteiger partial charge in [-0.1, -0.05) is 35.5 Å². The van der Waals surface area contributed by atoms with E-state index >= 15 is 0 Å². The maximum Gasteiger partial charge on any atom is 0.313 e. The first-order chi connectivity index (χ1) is 10.6. The van der Waals surface area contributed by atoms with Gasteiger partial charge in [-0.3, -0.25) is 9.89 Å². The van der Waals surface area contributed by atoms with Gasteiger partial charge < -0.3 is 9.52 Å². The Morgan fingerprint density at radius 2 is 2.14 bits per heavy atom. The Bertz CT molecular complexity index is 810. The molecule has 0 aliphatic carbocycles. The smallest absolute Gasteiger partial charge is 0.313 e. The summed E-state index contributed by atoms with van der Waals surface area (Å²) in [6.07, 6.45) is 0. The molecule has 0 radical (unpaired) electrons. The third-order valence-electron chi connectivity index (χ3n) is 2.93. The summed E-state index contributed by atoms with van der Waals surface area (Å²) in [4.78, 5) is 14.7. The molecule has 3 rings (SSSR count). The molecule has 22 heavy (non-hydrogen) atoms. The number of aromatic amines is 1. The van der Waals surface area contributed by atoms with E-state index in [9.17, 15) is 4.79 Å². The van der Waals surface area contributed by atoms with Crippen LogP contribution in [0, 0.1) is 6.92 Å². The fraction of sp³-hybridized carbons (Fsp3) is 0.133. The molecule has 2 heterocycles. The first-order valence-corrected chi connectivity index (χ1v) is 7.54. The summed E-state index contributed by atoms with van der Waals surface area (Å²) in [5, 5.41) is 15.7. The molecule has 0 saturated carbocycles. The minimum atomic E-state index is -0.906. The monoisotopic (exact) mass is 315 g/mol. The van der Waals surface area contributed by atoms with Crippen LogP contribution in [-0.4, -0.2) is 32.0 Å². The number of nitrogens with one attached hydrogen (secondary N) is 1. The molecular weight excluding hydrogens is 302 g/mol. The van der Waals surface area contributed by atoms with Crippen LogP contribution in [0.1, 0.15) is 5.56 Å². The Balaban J connectivity index is 1.80. The molecule has 0 aliphatic rings. The first-order valence-electron chi connectivity index (χ1n) is 6.56.